The molecule has 0 aromatic carbocycles. The number of hydrogen-bond donors (Lipinski definition) is 1. The van der Waals surface area contributed by atoms with Crippen molar-refractivity contribution >= 4 is 46.9 Å². The lowest BCUT2D eigenvalue weighted by molar-refractivity contribution is 0.925. The molecule has 2 rings (SSSR count). The number of halogens is 1. The zero-order valence-corrected chi connectivity index (χ0v) is 9.80. The fourth-order valence-corrected chi connectivity index (χ4v) is 2.75. The third-order valence-corrected chi connectivity index (χ3v) is 3.50. The van der Waals surface area contributed by atoms with Crippen LogP contribution in [-0.2, 0) is 0 Å². The van der Waals surface area contributed by atoms with Crippen LogP contribution >= 0.6 is 46.9 Å². The number of hydrogen-bond acceptors (Lipinski definition) is 6. The highest BCUT2D eigenvalue weighted by Gasteiger charge is 2.02. The van der Waals surface area contributed by atoms with Crippen molar-refractivity contribution in [2.75, 3.05) is 0 Å². The van der Waals surface area contributed by atoms with E-state index in [0.717, 1.165) is 9.37 Å². The van der Waals surface area contributed by atoms with E-state index in [1.165, 1.54) is 23.1 Å². The Morgan fingerprint density at radius 3 is 2.86 bits per heavy atom. The minimum absolute atomic E-state index is 0.379. The summed E-state index contributed by atoms with van der Waals surface area (Å²) in [6.45, 7) is 0. The molecule has 72 valence electrons. The number of nitrogens with zero attached hydrogens (tertiary/aromatic N) is 3. The predicted octanol–water partition coefficient (Wildman–Crippen LogP) is 2.80. The second-order valence-electron chi connectivity index (χ2n) is 2.18. The zero-order chi connectivity index (χ0) is 9.97. The van der Waals surface area contributed by atoms with Crippen molar-refractivity contribution in [3.63, 3.8) is 0 Å². The molecule has 0 saturated heterocycles. The summed E-state index contributed by atoms with van der Waals surface area (Å²) in [4.78, 5) is 0. The summed E-state index contributed by atoms with van der Waals surface area (Å²) in [5.74, 6) is 0. The molecule has 0 saturated carbocycles. The minimum atomic E-state index is 0.379. The van der Waals surface area contributed by atoms with Crippen molar-refractivity contribution in [2.45, 2.75) is 9.37 Å². The second kappa shape index (κ2) is 4.35. The van der Waals surface area contributed by atoms with Gasteiger partial charge in [-0.3, -0.25) is 5.10 Å². The lowest BCUT2D eigenvalue weighted by atomic mass is 10.6. The van der Waals surface area contributed by atoms with E-state index in [1.54, 1.807) is 12.1 Å². The Kier molecular flexibility index (Phi) is 3.12. The fourth-order valence-electron chi connectivity index (χ4n) is 0.708. The highest BCUT2D eigenvalue weighted by molar-refractivity contribution is 8.01. The van der Waals surface area contributed by atoms with Crippen LogP contribution in [0.4, 0.5) is 0 Å². The maximum atomic E-state index is 5.60. The van der Waals surface area contributed by atoms with E-state index in [4.69, 9.17) is 23.8 Å². The maximum Gasteiger partial charge on any atom is 0.179 e. The zero-order valence-electron chi connectivity index (χ0n) is 6.60. The van der Waals surface area contributed by atoms with Crippen molar-refractivity contribution in [1.29, 1.82) is 0 Å². The Morgan fingerprint density at radius 1 is 1.43 bits per heavy atom. The topological polar surface area (TPSA) is 54.5 Å². The summed E-state index contributed by atoms with van der Waals surface area (Å²) >= 11 is 13.3. The molecule has 14 heavy (non-hydrogen) atoms. The van der Waals surface area contributed by atoms with E-state index < -0.39 is 0 Å². The third-order valence-electron chi connectivity index (χ3n) is 1.22. The van der Waals surface area contributed by atoms with Crippen molar-refractivity contribution < 1.29 is 0 Å². The van der Waals surface area contributed by atoms with Crippen LogP contribution in [-0.4, -0.2) is 20.4 Å². The molecule has 0 aliphatic rings. The predicted molar refractivity (Wildman–Crippen MR) is 58.5 cm³/mol. The van der Waals surface area contributed by atoms with E-state index in [1.807, 2.05) is 0 Å². The first-order chi connectivity index (χ1) is 6.74. The molecule has 2 aromatic rings. The molecule has 0 spiro atoms. The summed E-state index contributed by atoms with van der Waals surface area (Å²) in [5.41, 5.74) is 0. The molecule has 0 radical (unpaired) electrons. The molecule has 0 amide bonds. The van der Waals surface area contributed by atoms with Crippen molar-refractivity contribution in [2.24, 2.45) is 0 Å². The Balaban J connectivity index is 2.19. The summed E-state index contributed by atoms with van der Waals surface area (Å²) < 4.78 is 1.46. The number of aromatic amines is 1. The molecule has 0 bridgehead atoms. The van der Waals surface area contributed by atoms with E-state index in [0.29, 0.717) is 9.11 Å². The van der Waals surface area contributed by atoms with Gasteiger partial charge in [0.05, 0.1) is 0 Å². The SMILES string of the molecule is S=c1[nH]nc(Sc2ccc(Cl)nn2)s1. The smallest absolute Gasteiger partial charge is 0.179 e. The molecule has 2 heterocycles. The first-order valence-electron chi connectivity index (χ1n) is 3.46. The quantitative estimate of drug-likeness (QED) is 0.844. The number of nitrogens with one attached hydrogen (secondary N) is 1. The van der Waals surface area contributed by atoms with Crippen LogP contribution in [0.15, 0.2) is 21.5 Å². The summed E-state index contributed by atoms with van der Waals surface area (Å²) in [6.07, 6.45) is 0. The van der Waals surface area contributed by atoms with Gasteiger partial charge in [-0.15, -0.1) is 10.2 Å². The second-order valence-corrected chi connectivity index (χ2v) is 5.50. The average molecular weight is 263 g/mol. The molecular formula is C6H3ClN4S3. The molecule has 1 N–H and O–H groups in total. The molecule has 8 heteroatoms. The summed E-state index contributed by atoms with van der Waals surface area (Å²) in [6, 6.07) is 3.47. The van der Waals surface area contributed by atoms with Gasteiger partial charge >= 0.3 is 0 Å². The largest absolute Gasteiger partial charge is 0.257 e. The monoisotopic (exact) mass is 262 g/mol. The van der Waals surface area contributed by atoms with Crippen molar-refractivity contribution in [1.82, 2.24) is 20.4 Å². The number of H-pyrrole nitrogens is 1. The van der Waals surface area contributed by atoms with E-state index >= 15 is 0 Å². The highest BCUT2D eigenvalue weighted by atomic mass is 35.5. The summed E-state index contributed by atoms with van der Waals surface area (Å²) in [5, 5.41) is 15.4. The van der Waals surface area contributed by atoms with Gasteiger partial charge < -0.3 is 0 Å². The van der Waals surface area contributed by atoms with Crippen LogP contribution in [0, 0.1) is 3.95 Å². The van der Waals surface area contributed by atoms with Crippen molar-refractivity contribution in [3.8, 4) is 0 Å². The van der Waals surface area contributed by atoms with E-state index in [-0.39, 0.29) is 0 Å². The van der Waals surface area contributed by atoms with Crippen LogP contribution in [0.1, 0.15) is 0 Å². The minimum Gasteiger partial charge on any atom is -0.257 e. The first-order valence-corrected chi connectivity index (χ1v) is 5.88. The lowest BCUT2D eigenvalue weighted by Crippen LogP contribution is -1.84. The van der Waals surface area contributed by atoms with Gasteiger partial charge in [-0.2, -0.15) is 5.10 Å². The van der Waals surface area contributed by atoms with Gasteiger partial charge in [0.25, 0.3) is 0 Å². The molecular weight excluding hydrogens is 260 g/mol. The van der Waals surface area contributed by atoms with E-state index in [9.17, 15) is 0 Å². The molecule has 0 atom stereocenters. The highest BCUT2D eigenvalue weighted by Crippen LogP contribution is 2.27. The average Bonchev–Trinajstić information content (AvgIpc) is 2.56. The Labute approximate surface area is 97.7 Å². The molecule has 0 fully saturated rings. The van der Waals surface area contributed by atoms with Gasteiger partial charge in [-0.1, -0.05) is 22.9 Å². The Morgan fingerprint density at radius 2 is 2.29 bits per heavy atom. The lowest BCUT2D eigenvalue weighted by Gasteiger charge is -1.93. The van der Waals surface area contributed by atoms with Gasteiger partial charge in [0.1, 0.15) is 5.03 Å². The molecule has 0 unspecified atom stereocenters. The number of aromatic nitrogens is 4. The van der Waals surface area contributed by atoms with Gasteiger partial charge in [0.2, 0.25) is 0 Å². The Hall–Kier alpha value is -0.500. The van der Waals surface area contributed by atoms with Gasteiger partial charge in [-0.25, -0.2) is 0 Å². The molecule has 4 nitrogen and oxygen atoms in total. The molecule has 0 aliphatic heterocycles. The normalized spacial score (nSPS) is 10.4. The Bertz CT molecular complexity index is 476. The van der Waals surface area contributed by atoms with Crippen LogP contribution in [0.2, 0.25) is 5.15 Å². The first kappa shape index (κ1) is 10.0. The van der Waals surface area contributed by atoms with Crippen molar-refractivity contribution in [3.05, 3.63) is 21.2 Å². The van der Waals surface area contributed by atoms with Crippen LogP contribution in [0.5, 0.6) is 0 Å². The molecule has 2 aromatic heterocycles. The van der Waals surface area contributed by atoms with Crippen LogP contribution in [0.3, 0.4) is 0 Å². The van der Waals surface area contributed by atoms with E-state index in [2.05, 4.69) is 20.4 Å². The summed E-state index contributed by atoms with van der Waals surface area (Å²) in [7, 11) is 0. The number of rotatable bonds is 2. The fraction of sp³-hybridized carbons (Fsp3) is 0. The van der Waals surface area contributed by atoms with Gasteiger partial charge in [-0.05, 0) is 36.1 Å². The molecule has 0 aliphatic carbocycles. The maximum absolute atomic E-state index is 5.60. The van der Waals surface area contributed by atoms with Gasteiger partial charge in [0, 0.05) is 0 Å². The standard InChI is InChI=1S/C6H3ClN4S3/c7-3-1-2-4(9-8-3)13-6-11-10-5(12)14-6/h1-2H,(H,10,12). The van der Waals surface area contributed by atoms with Crippen LogP contribution in [0.25, 0.3) is 0 Å². The van der Waals surface area contributed by atoms with Gasteiger partial charge in [0.15, 0.2) is 13.4 Å². The third kappa shape index (κ3) is 2.50. The van der Waals surface area contributed by atoms with Crippen LogP contribution < -0.4 is 0 Å².